The zero-order valence-corrected chi connectivity index (χ0v) is 26.8. The summed E-state index contributed by atoms with van der Waals surface area (Å²) in [6.07, 6.45) is 15.9. The molecule has 242 valence electrons. The summed E-state index contributed by atoms with van der Waals surface area (Å²) in [7, 11) is 2.90. The van der Waals surface area contributed by atoms with Crippen molar-refractivity contribution >= 4 is 35.5 Å². The van der Waals surface area contributed by atoms with Crippen molar-refractivity contribution < 1.29 is 33.4 Å². The van der Waals surface area contributed by atoms with Gasteiger partial charge in [-0.25, -0.2) is 9.59 Å². The van der Waals surface area contributed by atoms with Gasteiger partial charge in [0.05, 0.1) is 7.11 Å². The van der Waals surface area contributed by atoms with Crippen molar-refractivity contribution in [2.24, 2.45) is 0 Å². The number of hydrogen-bond donors (Lipinski definition) is 3. The molecule has 3 unspecified atom stereocenters. The Balaban J connectivity index is 1.96. The third-order valence-electron chi connectivity index (χ3n) is 6.48. The third-order valence-corrected chi connectivity index (χ3v) is 6.63. The normalized spacial score (nSPS) is 17.0. The van der Waals surface area contributed by atoms with Crippen molar-refractivity contribution in [3.05, 3.63) is 107 Å². The van der Waals surface area contributed by atoms with Crippen LogP contribution in [0.3, 0.4) is 0 Å². The molecule has 0 saturated carbocycles. The van der Waals surface area contributed by atoms with Crippen molar-refractivity contribution in [1.29, 1.82) is 0 Å². The van der Waals surface area contributed by atoms with Crippen molar-refractivity contribution in [1.82, 2.24) is 16.0 Å². The van der Waals surface area contributed by atoms with E-state index in [1.807, 2.05) is 49.4 Å². The Kier molecular flexibility index (Phi) is 16.6. The minimum Gasteiger partial charge on any atom is -0.490 e. The average Bonchev–Trinajstić information content (AvgIpc) is 3.02. The van der Waals surface area contributed by atoms with Gasteiger partial charge >= 0.3 is 12.1 Å². The first-order valence-electron chi connectivity index (χ1n) is 14.6. The van der Waals surface area contributed by atoms with Crippen LogP contribution in [-0.4, -0.2) is 56.3 Å². The number of methoxy groups -OCH3 is 1. The van der Waals surface area contributed by atoms with E-state index >= 15 is 0 Å². The molecular formula is C34H42ClN3O7. The number of carbonyl (C=O) groups excluding carboxylic acids is 4. The van der Waals surface area contributed by atoms with E-state index in [1.54, 1.807) is 37.3 Å². The fraction of sp³-hybridized carbons (Fsp3) is 0.353. The molecule has 1 aliphatic heterocycles. The molecule has 1 aromatic rings. The molecule has 2 rings (SSSR count). The molecule has 3 N–H and O–H groups in total. The Morgan fingerprint density at radius 2 is 1.82 bits per heavy atom. The van der Waals surface area contributed by atoms with Crippen molar-refractivity contribution in [2.45, 2.75) is 64.2 Å². The van der Waals surface area contributed by atoms with Gasteiger partial charge in [-0.05, 0) is 31.7 Å². The van der Waals surface area contributed by atoms with E-state index in [0.29, 0.717) is 30.7 Å². The molecule has 11 heteroatoms. The monoisotopic (exact) mass is 639 g/mol. The van der Waals surface area contributed by atoms with Gasteiger partial charge < -0.3 is 30.2 Å². The number of allylic oxidation sites excluding steroid dienone is 5. The quantitative estimate of drug-likeness (QED) is 0.127. The Morgan fingerprint density at radius 1 is 1.09 bits per heavy atom. The van der Waals surface area contributed by atoms with Crippen LogP contribution in [0.5, 0.6) is 0 Å². The third kappa shape index (κ3) is 15.1. The van der Waals surface area contributed by atoms with Gasteiger partial charge in [0.25, 0.3) is 0 Å². The van der Waals surface area contributed by atoms with Gasteiger partial charge in [0.1, 0.15) is 18.2 Å². The van der Waals surface area contributed by atoms with Crippen molar-refractivity contribution in [3.63, 3.8) is 0 Å². The van der Waals surface area contributed by atoms with Gasteiger partial charge in [0.15, 0.2) is 5.76 Å². The number of esters is 1. The number of halogens is 1. The molecule has 0 aromatic heterocycles. The zero-order chi connectivity index (χ0) is 33.0. The van der Waals surface area contributed by atoms with Gasteiger partial charge in [0, 0.05) is 50.3 Å². The minimum atomic E-state index is -0.842. The largest absolute Gasteiger partial charge is 0.490 e. The van der Waals surface area contributed by atoms with Crippen LogP contribution in [0.2, 0.25) is 0 Å². The molecule has 0 bridgehead atoms. The number of rotatable bonds is 16. The van der Waals surface area contributed by atoms with Crippen LogP contribution in [0.15, 0.2) is 102 Å². The summed E-state index contributed by atoms with van der Waals surface area (Å²) in [5.74, 6) is -1.08. The minimum absolute atomic E-state index is 0.222. The summed E-state index contributed by atoms with van der Waals surface area (Å²) in [6, 6.07) is 8.52. The number of nitrogens with one attached hydrogen (secondary N) is 3. The van der Waals surface area contributed by atoms with E-state index < -0.39 is 36.0 Å². The lowest BCUT2D eigenvalue weighted by Crippen LogP contribution is -2.46. The molecule has 0 fully saturated rings. The molecule has 3 atom stereocenters. The highest BCUT2D eigenvalue weighted by atomic mass is 35.5. The lowest BCUT2D eigenvalue weighted by molar-refractivity contribution is -0.149. The van der Waals surface area contributed by atoms with Gasteiger partial charge in [-0.2, -0.15) is 0 Å². The van der Waals surface area contributed by atoms with E-state index in [0.717, 1.165) is 11.1 Å². The second-order valence-corrected chi connectivity index (χ2v) is 10.7. The lowest BCUT2D eigenvalue weighted by atomic mass is 10.1. The standard InChI is InChI=1S/C34H42ClN3O7/c1-24(16-18-28-20-21-30(43-4)33(41)44-28)11-8-9-15-31(39)38-29(23-26-12-6-5-7-13-26)32(40)37-22-10-14-27(19-17-25(2)35)45-34(42)36-3/h5-13,15-17,21-22,27-29H,14,18-20,23H2,1-4H3,(H,36,42)(H,37,40)(H,38,39)/b11-8-,15-9-,22-10-,24-16+,25-17+. The van der Waals surface area contributed by atoms with E-state index in [4.69, 9.17) is 25.8 Å². The Hall–Kier alpha value is -4.57. The number of carbonyl (C=O) groups is 4. The molecule has 0 aliphatic carbocycles. The van der Waals surface area contributed by atoms with Gasteiger partial charge in [0.2, 0.25) is 11.8 Å². The molecule has 1 heterocycles. The molecule has 0 radical (unpaired) electrons. The van der Waals surface area contributed by atoms with Crippen LogP contribution in [-0.2, 0) is 35.0 Å². The van der Waals surface area contributed by atoms with Crippen LogP contribution < -0.4 is 16.0 Å². The summed E-state index contributed by atoms with van der Waals surface area (Å²) >= 11 is 5.91. The first-order chi connectivity index (χ1) is 21.6. The first kappa shape index (κ1) is 36.6. The van der Waals surface area contributed by atoms with Gasteiger partial charge in [-0.15, -0.1) is 0 Å². The SMILES string of the molecule is CNC(=O)OC(C/C=C\NC(=O)C(Cc1ccccc1)NC(=O)\C=C/C=C\C(C)=C\CC1CC=C(OC)C(=O)O1)C/C=C(\C)Cl. The van der Waals surface area contributed by atoms with Crippen molar-refractivity contribution in [2.75, 3.05) is 14.2 Å². The summed E-state index contributed by atoms with van der Waals surface area (Å²) in [6.45, 7) is 3.64. The van der Waals surface area contributed by atoms with Crippen LogP contribution in [0.1, 0.15) is 45.1 Å². The molecule has 45 heavy (non-hydrogen) atoms. The number of amides is 3. The summed E-state index contributed by atoms with van der Waals surface area (Å²) < 4.78 is 15.6. The molecule has 10 nitrogen and oxygen atoms in total. The molecule has 0 saturated heterocycles. The van der Waals surface area contributed by atoms with E-state index in [9.17, 15) is 19.2 Å². The maximum absolute atomic E-state index is 13.1. The van der Waals surface area contributed by atoms with Crippen LogP contribution >= 0.6 is 11.6 Å². The average molecular weight is 640 g/mol. The molecule has 0 spiro atoms. The molecular weight excluding hydrogens is 598 g/mol. The topological polar surface area (TPSA) is 132 Å². The Morgan fingerprint density at radius 3 is 2.49 bits per heavy atom. The second-order valence-electron chi connectivity index (χ2n) is 10.1. The number of hydrogen-bond acceptors (Lipinski definition) is 7. The number of ether oxygens (including phenoxy) is 3. The molecule has 1 aliphatic rings. The summed E-state index contributed by atoms with van der Waals surface area (Å²) in [5.41, 5.74) is 1.81. The molecule has 3 amide bonds. The smallest absolute Gasteiger partial charge is 0.407 e. The predicted octanol–water partition coefficient (Wildman–Crippen LogP) is 5.29. The Bertz CT molecular complexity index is 1330. The van der Waals surface area contributed by atoms with E-state index in [1.165, 1.54) is 26.4 Å². The van der Waals surface area contributed by atoms with Gasteiger partial charge in [-0.3, -0.25) is 9.59 Å². The number of alkyl carbamates (subject to hydrolysis) is 1. The van der Waals surface area contributed by atoms with Crippen LogP contribution in [0.4, 0.5) is 4.79 Å². The molecule has 1 aromatic carbocycles. The van der Waals surface area contributed by atoms with E-state index in [-0.39, 0.29) is 18.3 Å². The number of cyclic esters (lactones) is 1. The summed E-state index contributed by atoms with van der Waals surface area (Å²) in [5, 5.41) is 8.47. The van der Waals surface area contributed by atoms with Gasteiger partial charge in [-0.1, -0.05) is 84.0 Å². The maximum Gasteiger partial charge on any atom is 0.407 e. The lowest BCUT2D eigenvalue weighted by Gasteiger charge is -2.20. The highest BCUT2D eigenvalue weighted by Gasteiger charge is 2.23. The number of benzene rings is 1. The predicted molar refractivity (Wildman–Crippen MR) is 174 cm³/mol. The fourth-order valence-corrected chi connectivity index (χ4v) is 4.15. The first-order valence-corrected chi connectivity index (χ1v) is 15.0. The van der Waals surface area contributed by atoms with Crippen LogP contribution in [0, 0.1) is 0 Å². The summed E-state index contributed by atoms with van der Waals surface area (Å²) in [4.78, 5) is 49.2. The maximum atomic E-state index is 13.1. The highest BCUT2D eigenvalue weighted by molar-refractivity contribution is 6.29. The Labute approximate surface area is 269 Å². The van der Waals surface area contributed by atoms with Crippen molar-refractivity contribution in [3.8, 4) is 0 Å². The highest BCUT2D eigenvalue weighted by Crippen LogP contribution is 2.18. The van der Waals surface area contributed by atoms with Crippen LogP contribution in [0.25, 0.3) is 0 Å². The fourth-order valence-electron chi connectivity index (χ4n) is 4.06. The zero-order valence-electron chi connectivity index (χ0n) is 26.1. The van der Waals surface area contributed by atoms with E-state index in [2.05, 4.69) is 16.0 Å². The second kappa shape index (κ2) is 20.4.